The molecule has 3 aromatic rings. The molecule has 0 bridgehead atoms. The minimum absolute atomic E-state index is 0.0125. The summed E-state index contributed by atoms with van der Waals surface area (Å²) in [5.74, 6) is -3.95. The number of pyridine rings is 1. The molecule has 2 aliphatic heterocycles. The number of nitrogens with zero attached hydrogens (tertiary/aromatic N) is 3. The molecule has 1 atom stereocenters. The second-order valence-electron chi connectivity index (χ2n) is 10.4. The lowest BCUT2D eigenvalue weighted by atomic mass is 9.91. The van der Waals surface area contributed by atoms with Gasteiger partial charge in [0.25, 0.3) is 11.5 Å². The molecule has 4 heterocycles. The van der Waals surface area contributed by atoms with Crippen LogP contribution in [-0.4, -0.2) is 64.9 Å². The zero-order valence-electron chi connectivity index (χ0n) is 23.3. The van der Waals surface area contributed by atoms with Crippen molar-refractivity contribution in [3.8, 4) is 11.1 Å². The van der Waals surface area contributed by atoms with Crippen molar-refractivity contribution in [1.29, 1.82) is 0 Å². The van der Waals surface area contributed by atoms with Crippen molar-refractivity contribution in [3.63, 3.8) is 0 Å². The first kappa shape index (κ1) is 21.7. The monoisotopic (exact) mass is 549 g/mol. The SMILES string of the molecule is [2H]C([2H])([2H])n1cc(-c2cc(S(=O)(=O)N3CCCC3C(=O)O)ccc2N2CCC3(CC2)CC3(F)F)c2cc[nH]c2c1=O. The van der Waals surface area contributed by atoms with Gasteiger partial charge in [0, 0.05) is 77.2 Å². The number of rotatable bonds is 5. The number of hydrogen-bond acceptors (Lipinski definition) is 5. The molecule has 2 aromatic heterocycles. The average molecular weight is 550 g/mol. The van der Waals surface area contributed by atoms with E-state index in [9.17, 15) is 31.9 Å². The molecule has 0 amide bonds. The number of carbonyl (C=O) groups is 1. The van der Waals surface area contributed by atoms with Gasteiger partial charge in [0.2, 0.25) is 10.0 Å². The van der Waals surface area contributed by atoms with E-state index >= 15 is 0 Å². The first-order valence-electron chi connectivity index (χ1n) is 13.9. The van der Waals surface area contributed by atoms with Crippen LogP contribution in [0, 0.1) is 5.41 Å². The van der Waals surface area contributed by atoms with Crippen molar-refractivity contribution >= 4 is 32.6 Å². The Bertz CT molecular complexity index is 1730. The van der Waals surface area contributed by atoms with Gasteiger partial charge in [0.05, 0.1) is 4.90 Å². The summed E-state index contributed by atoms with van der Waals surface area (Å²) in [6.45, 7) is -2.26. The van der Waals surface area contributed by atoms with Crippen molar-refractivity contribution in [1.82, 2.24) is 13.9 Å². The van der Waals surface area contributed by atoms with Gasteiger partial charge in [0.1, 0.15) is 11.6 Å². The summed E-state index contributed by atoms with van der Waals surface area (Å²) >= 11 is 0. The number of carboxylic acid groups (broad SMARTS) is 1. The lowest BCUT2D eigenvalue weighted by Crippen LogP contribution is -2.40. The minimum atomic E-state index is -4.27. The molecule has 1 aliphatic carbocycles. The standard InChI is InChI=1S/C26H28F2N4O5S/c1-30-14-19(17-6-9-29-22(17)23(30)33)18-13-16(38(36,37)32-10-2-3-21(32)24(34)35)4-5-20(18)31-11-7-25(8-12-31)15-26(25,27)28/h4-6,9,13-14,21,29H,2-3,7-8,10-12,15H2,1H3,(H,34,35)/i1D3. The quantitative estimate of drug-likeness (QED) is 0.504. The number of halogens is 2. The second-order valence-corrected chi connectivity index (χ2v) is 12.3. The molecule has 2 N–H and O–H groups in total. The number of fused-ring (bicyclic) bond motifs is 1. The number of aromatic nitrogens is 2. The van der Waals surface area contributed by atoms with Gasteiger partial charge in [-0.05, 0) is 49.9 Å². The van der Waals surface area contributed by atoms with Crippen molar-refractivity contribution in [2.24, 2.45) is 12.4 Å². The third kappa shape index (κ3) is 3.68. The van der Waals surface area contributed by atoms with Gasteiger partial charge < -0.3 is 19.6 Å². The predicted octanol–water partition coefficient (Wildman–Crippen LogP) is 3.40. The molecule has 0 radical (unpaired) electrons. The Labute approximate surface area is 221 Å². The number of alkyl halides is 2. The maximum absolute atomic E-state index is 14.1. The molecular weight excluding hydrogens is 518 g/mol. The number of piperidine rings is 1. The Balaban J connectivity index is 1.52. The smallest absolute Gasteiger partial charge is 0.322 e. The number of carboxylic acids is 1. The fourth-order valence-electron chi connectivity index (χ4n) is 6.04. The Morgan fingerprint density at radius 3 is 2.58 bits per heavy atom. The van der Waals surface area contributed by atoms with Crippen molar-refractivity contribution < 1.29 is 31.2 Å². The summed E-state index contributed by atoms with van der Waals surface area (Å²) in [5.41, 5.74) is -0.751. The van der Waals surface area contributed by atoms with E-state index < -0.39 is 45.9 Å². The molecule has 6 rings (SSSR count). The van der Waals surface area contributed by atoms with Gasteiger partial charge in [0.15, 0.2) is 0 Å². The van der Waals surface area contributed by atoms with Gasteiger partial charge in [-0.3, -0.25) is 9.59 Å². The van der Waals surface area contributed by atoms with Crippen LogP contribution in [0.25, 0.3) is 22.0 Å². The maximum atomic E-state index is 14.1. The van der Waals surface area contributed by atoms with Crippen LogP contribution in [0.3, 0.4) is 0 Å². The van der Waals surface area contributed by atoms with Crippen molar-refractivity contribution in [3.05, 3.63) is 47.0 Å². The summed E-state index contributed by atoms with van der Waals surface area (Å²) in [6.07, 6.45) is 3.51. The van der Waals surface area contributed by atoms with Gasteiger partial charge in [-0.2, -0.15) is 4.31 Å². The van der Waals surface area contributed by atoms with Crippen LogP contribution in [-0.2, 0) is 21.8 Å². The number of H-pyrrole nitrogens is 1. The zero-order valence-corrected chi connectivity index (χ0v) is 21.1. The summed E-state index contributed by atoms with van der Waals surface area (Å²) < 4.78 is 80.8. The Hall–Kier alpha value is -3.25. The van der Waals surface area contributed by atoms with E-state index in [2.05, 4.69) is 4.98 Å². The molecule has 1 spiro atoms. The molecular formula is C26H28F2N4O5S. The molecule has 3 fully saturated rings. The third-order valence-corrected chi connectivity index (χ3v) is 10.3. The van der Waals surface area contributed by atoms with E-state index in [-0.39, 0.29) is 61.3 Å². The Morgan fingerprint density at radius 2 is 1.92 bits per heavy atom. The number of nitrogens with one attached hydrogen (secondary N) is 1. The van der Waals surface area contributed by atoms with Gasteiger partial charge >= 0.3 is 5.97 Å². The average Bonchev–Trinajstić information content (AvgIpc) is 3.37. The predicted molar refractivity (Wildman–Crippen MR) is 137 cm³/mol. The van der Waals surface area contributed by atoms with E-state index in [1.165, 1.54) is 18.3 Å². The van der Waals surface area contributed by atoms with E-state index in [0.717, 1.165) is 10.5 Å². The Morgan fingerprint density at radius 1 is 1.18 bits per heavy atom. The molecule has 38 heavy (non-hydrogen) atoms. The first-order valence-corrected chi connectivity index (χ1v) is 13.9. The van der Waals surface area contributed by atoms with E-state index in [1.54, 1.807) is 12.1 Å². The van der Waals surface area contributed by atoms with Crippen LogP contribution >= 0.6 is 0 Å². The molecule has 1 saturated carbocycles. The third-order valence-electron chi connectivity index (χ3n) is 8.35. The van der Waals surface area contributed by atoms with Crippen LogP contribution in [0.15, 0.2) is 46.3 Å². The van der Waals surface area contributed by atoms with E-state index in [4.69, 9.17) is 4.11 Å². The van der Waals surface area contributed by atoms with Crippen LogP contribution in [0.2, 0.25) is 0 Å². The Kier molecular flexibility index (Phi) is 4.77. The van der Waals surface area contributed by atoms with Crippen LogP contribution in [0.1, 0.15) is 36.2 Å². The number of benzene rings is 1. The molecule has 1 unspecified atom stereocenters. The second kappa shape index (κ2) is 8.37. The highest BCUT2D eigenvalue weighted by molar-refractivity contribution is 7.89. The number of sulfonamides is 1. The minimum Gasteiger partial charge on any atom is -0.480 e. The molecule has 1 aromatic carbocycles. The van der Waals surface area contributed by atoms with Crippen LogP contribution in [0.4, 0.5) is 14.5 Å². The highest BCUT2D eigenvalue weighted by Crippen LogP contribution is 2.66. The van der Waals surface area contributed by atoms with E-state index in [0.29, 0.717) is 27.6 Å². The fourth-order valence-corrected chi connectivity index (χ4v) is 7.72. The van der Waals surface area contributed by atoms with Gasteiger partial charge in [-0.25, -0.2) is 17.2 Å². The highest BCUT2D eigenvalue weighted by atomic mass is 32.2. The highest BCUT2D eigenvalue weighted by Gasteiger charge is 2.70. The number of aliphatic carboxylic acids is 1. The summed E-state index contributed by atoms with van der Waals surface area (Å²) in [4.78, 5) is 29.2. The summed E-state index contributed by atoms with van der Waals surface area (Å²) in [6, 6.07) is 4.62. The first-order chi connectivity index (χ1) is 19.2. The molecule has 12 heteroatoms. The fraction of sp³-hybridized carbons (Fsp3) is 0.462. The molecule has 3 aliphatic rings. The van der Waals surface area contributed by atoms with Crippen molar-refractivity contribution in [2.75, 3.05) is 24.5 Å². The van der Waals surface area contributed by atoms with Gasteiger partial charge in [-0.1, -0.05) is 0 Å². The summed E-state index contributed by atoms with van der Waals surface area (Å²) in [7, 11) is -4.27. The number of aromatic amines is 1. The molecule has 9 nitrogen and oxygen atoms in total. The topological polar surface area (TPSA) is 116 Å². The zero-order chi connectivity index (χ0) is 29.5. The molecule has 202 valence electrons. The lowest BCUT2D eigenvalue weighted by Gasteiger charge is -2.35. The number of anilines is 1. The maximum Gasteiger partial charge on any atom is 0.322 e. The van der Waals surface area contributed by atoms with Crippen LogP contribution in [0.5, 0.6) is 0 Å². The van der Waals surface area contributed by atoms with Gasteiger partial charge in [-0.15, -0.1) is 0 Å². The normalized spacial score (nSPS) is 24.3. The lowest BCUT2D eigenvalue weighted by molar-refractivity contribution is -0.140. The largest absolute Gasteiger partial charge is 0.480 e. The summed E-state index contributed by atoms with van der Waals surface area (Å²) in [5, 5.41) is 9.96. The van der Waals surface area contributed by atoms with E-state index in [1.807, 2.05) is 4.90 Å². The van der Waals surface area contributed by atoms with Crippen LogP contribution < -0.4 is 10.5 Å². The number of hydrogen-bond donors (Lipinski definition) is 2. The number of aryl methyl sites for hydroxylation is 1. The molecule has 2 saturated heterocycles. The van der Waals surface area contributed by atoms with Crippen molar-refractivity contribution in [2.45, 2.75) is 49.0 Å².